The molecule has 0 aromatic heterocycles. The SMILES string of the molecule is COc1ccc(/C=C/CN2CCCC3(CCOCC3)C2)cc1. The molecule has 120 valence electrons. The summed E-state index contributed by atoms with van der Waals surface area (Å²) in [5, 5.41) is 0. The first-order chi connectivity index (χ1) is 10.8. The summed E-state index contributed by atoms with van der Waals surface area (Å²) in [5.41, 5.74) is 1.77. The molecule has 0 radical (unpaired) electrons. The fourth-order valence-electron chi connectivity index (χ4n) is 3.73. The van der Waals surface area contributed by atoms with Crippen molar-refractivity contribution in [2.45, 2.75) is 25.7 Å². The van der Waals surface area contributed by atoms with Crippen molar-refractivity contribution in [3.05, 3.63) is 35.9 Å². The molecule has 0 atom stereocenters. The molecule has 2 aliphatic heterocycles. The Morgan fingerprint density at radius 3 is 2.68 bits per heavy atom. The third-order valence-electron chi connectivity index (χ3n) is 5.08. The summed E-state index contributed by atoms with van der Waals surface area (Å²) in [4.78, 5) is 2.61. The number of benzene rings is 1. The normalized spacial score (nSPS) is 22.2. The van der Waals surface area contributed by atoms with Crippen LogP contribution in [0.4, 0.5) is 0 Å². The lowest BCUT2D eigenvalue weighted by atomic mass is 9.74. The van der Waals surface area contributed by atoms with Gasteiger partial charge in [0.15, 0.2) is 0 Å². The summed E-state index contributed by atoms with van der Waals surface area (Å²) in [7, 11) is 1.70. The summed E-state index contributed by atoms with van der Waals surface area (Å²) in [6, 6.07) is 8.23. The van der Waals surface area contributed by atoms with Gasteiger partial charge in [-0.2, -0.15) is 0 Å². The van der Waals surface area contributed by atoms with Crippen LogP contribution in [0.2, 0.25) is 0 Å². The van der Waals surface area contributed by atoms with Gasteiger partial charge in [0.25, 0.3) is 0 Å². The molecule has 3 rings (SSSR count). The Balaban J connectivity index is 1.52. The zero-order chi connectivity index (χ0) is 15.3. The number of hydrogen-bond acceptors (Lipinski definition) is 3. The highest BCUT2D eigenvalue weighted by atomic mass is 16.5. The van der Waals surface area contributed by atoms with Crippen molar-refractivity contribution >= 4 is 6.08 Å². The second-order valence-electron chi connectivity index (χ2n) is 6.63. The van der Waals surface area contributed by atoms with E-state index in [4.69, 9.17) is 9.47 Å². The predicted molar refractivity (Wildman–Crippen MR) is 90.2 cm³/mol. The molecule has 0 bridgehead atoms. The first-order valence-corrected chi connectivity index (χ1v) is 8.40. The fourth-order valence-corrected chi connectivity index (χ4v) is 3.73. The first-order valence-electron chi connectivity index (χ1n) is 8.40. The van der Waals surface area contributed by atoms with Crippen molar-refractivity contribution in [1.82, 2.24) is 4.90 Å². The number of piperidine rings is 1. The van der Waals surface area contributed by atoms with Gasteiger partial charge in [-0.15, -0.1) is 0 Å². The third-order valence-corrected chi connectivity index (χ3v) is 5.08. The molecular weight excluding hydrogens is 274 g/mol. The lowest BCUT2D eigenvalue weighted by Gasteiger charge is -2.45. The van der Waals surface area contributed by atoms with Crippen molar-refractivity contribution in [3.8, 4) is 5.75 Å². The minimum Gasteiger partial charge on any atom is -0.497 e. The monoisotopic (exact) mass is 301 g/mol. The van der Waals surface area contributed by atoms with Crippen molar-refractivity contribution in [2.75, 3.05) is 40.0 Å². The van der Waals surface area contributed by atoms with Gasteiger partial charge in [0.2, 0.25) is 0 Å². The molecule has 2 saturated heterocycles. The van der Waals surface area contributed by atoms with E-state index in [1.54, 1.807) is 7.11 Å². The molecular formula is C19H27NO2. The number of nitrogens with zero attached hydrogens (tertiary/aromatic N) is 1. The molecule has 2 aliphatic rings. The topological polar surface area (TPSA) is 21.7 Å². The largest absolute Gasteiger partial charge is 0.497 e. The zero-order valence-corrected chi connectivity index (χ0v) is 13.6. The second kappa shape index (κ2) is 7.30. The van der Waals surface area contributed by atoms with Crippen molar-refractivity contribution in [2.24, 2.45) is 5.41 Å². The van der Waals surface area contributed by atoms with Gasteiger partial charge >= 0.3 is 0 Å². The van der Waals surface area contributed by atoms with E-state index in [0.717, 1.165) is 25.5 Å². The smallest absolute Gasteiger partial charge is 0.118 e. The van der Waals surface area contributed by atoms with Gasteiger partial charge in [-0.05, 0) is 55.3 Å². The van der Waals surface area contributed by atoms with Crippen LogP contribution in [0.1, 0.15) is 31.2 Å². The highest BCUT2D eigenvalue weighted by molar-refractivity contribution is 5.50. The van der Waals surface area contributed by atoms with Crippen molar-refractivity contribution < 1.29 is 9.47 Å². The van der Waals surface area contributed by atoms with Gasteiger partial charge in [0, 0.05) is 26.3 Å². The minimum absolute atomic E-state index is 0.532. The van der Waals surface area contributed by atoms with Crippen LogP contribution < -0.4 is 4.74 Å². The molecule has 3 heteroatoms. The Morgan fingerprint density at radius 2 is 1.95 bits per heavy atom. The maximum atomic E-state index is 5.55. The Labute approximate surface area is 133 Å². The molecule has 2 fully saturated rings. The third kappa shape index (κ3) is 3.90. The van der Waals surface area contributed by atoms with E-state index in [1.165, 1.54) is 44.3 Å². The summed E-state index contributed by atoms with van der Waals surface area (Å²) in [5.74, 6) is 0.912. The number of likely N-dealkylation sites (tertiary alicyclic amines) is 1. The predicted octanol–water partition coefficient (Wildman–Crippen LogP) is 3.60. The van der Waals surface area contributed by atoms with Crippen LogP contribution in [0.15, 0.2) is 30.3 Å². The van der Waals surface area contributed by atoms with E-state index in [-0.39, 0.29) is 0 Å². The van der Waals surface area contributed by atoms with Crippen LogP contribution in [0.3, 0.4) is 0 Å². The summed E-state index contributed by atoms with van der Waals surface area (Å²) >= 11 is 0. The molecule has 0 saturated carbocycles. The van der Waals surface area contributed by atoms with E-state index in [0.29, 0.717) is 5.41 Å². The molecule has 0 unspecified atom stereocenters. The maximum absolute atomic E-state index is 5.55. The molecule has 1 spiro atoms. The Bertz CT molecular complexity index is 483. The molecule has 3 nitrogen and oxygen atoms in total. The van der Waals surface area contributed by atoms with Gasteiger partial charge < -0.3 is 9.47 Å². The Kier molecular flexibility index (Phi) is 5.16. The van der Waals surface area contributed by atoms with Crippen LogP contribution in [0.5, 0.6) is 5.75 Å². The number of rotatable bonds is 4. The van der Waals surface area contributed by atoms with E-state index < -0.39 is 0 Å². The molecule has 2 heterocycles. The molecule has 1 aromatic rings. The molecule has 0 amide bonds. The minimum atomic E-state index is 0.532. The fraction of sp³-hybridized carbons (Fsp3) is 0.579. The van der Waals surface area contributed by atoms with Crippen LogP contribution in [0, 0.1) is 5.41 Å². The molecule has 1 aromatic carbocycles. The lowest BCUT2D eigenvalue weighted by Crippen LogP contribution is -2.46. The van der Waals surface area contributed by atoms with Crippen molar-refractivity contribution in [1.29, 1.82) is 0 Å². The standard InChI is InChI=1S/C19H27NO2/c1-21-18-7-5-17(6-8-18)4-2-12-20-13-3-9-19(16-20)10-14-22-15-11-19/h2,4-8H,3,9-16H2,1H3/b4-2+. The number of methoxy groups -OCH3 is 1. The average molecular weight is 301 g/mol. The Hall–Kier alpha value is -1.32. The van der Waals surface area contributed by atoms with Crippen LogP contribution in [-0.2, 0) is 4.74 Å². The van der Waals surface area contributed by atoms with Crippen LogP contribution in [-0.4, -0.2) is 44.9 Å². The van der Waals surface area contributed by atoms with E-state index in [9.17, 15) is 0 Å². The van der Waals surface area contributed by atoms with Crippen LogP contribution >= 0.6 is 0 Å². The van der Waals surface area contributed by atoms with E-state index in [2.05, 4.69) is 29.2 Å². The zero-order valence-electron chi connectivity index (χ0n) is 13.6. The van der Waals surface area contributed by atoms with Crippen LogP contribution in [0.25, 0.3) is 6.08 Å². The van der Waals surface area contributed by atoms with Gasteiger partial charge in [-0.1, -0.05) is 24.3 Å². The maximum Gasteiger partial charge on any atom is 0.118 e. The summed E-state index contributed by atoms with van der Waals surface area (Å²) in [6.45, 7) is 5.43. The second-order valence-corrected chi connectivity index (χ2v) is 6.63. The quantitative estimate of drug-likeness (QED) is 0.848. The molecule has 0 aliphatic carbocycles. The molecule has 22 heavy (non-hydrogen) atoms. The number of ether oxygens (including phenoxy) is 2. The van der Waals surface area contributed by atoms with Crippen molar-refractivity contribution in [3.63, 3.8) is 0 Å². The van der Waals surface area contributed by atoms with E-state index >= 15 is 0 Å². The van der Waals surface area contributed by atoms with Gasteiger partial charge in [-0.3, -0.25) is 4.90 Å². The summed E-state index contributed by atoms with van der Waals surface area (Å²) < 4.78 is 10.7. The average Bonchev–Trinajstić information content (AvgIpc) is 2.56. The highest BCUT2D eigenvalue weighted by Crippen LogP contribution is 2.38. The summed E-state index contributed by atoms with van der Waals surface area (Å²) in [6.07, 6.45) is 9.70. The van der Waals surface area contributed by atoms with Gasteiger partial charge in [0.05, 0.1) is 7.11 Å². The number of hydrogen-bond donors (Lipinski definition) is 0. The Morgan fingerprint density at radius 1 is 1.18 bits per heavy atom. The lowest BCUT2D eigenvalue weighted by molar-refractivity contribution is -0.0247. The molecule has 0 N–H and O–H groups in total. The van der Waals surface area contributed by atoms with Gasteiger partial charge in [-0.25, -0.2) is 0 Å². The van der Waals surface area contributed by atoms with E-state index in [1.807, 2.05) is 12.1 Å². The first kappa shape index (κ1) is 15.6. The highest BCUT2D eigenvalue weighted by Gasteiger charge is 2.36. The van der Waals surface area contributed by atoms with Gasteiger partial charge in [0.1, 0.15) is 5.75 Å².